The Bertz CT molecular complexity index is 209. The van der Waals surface area contributed by atoms with Crippen molar-refractivity contribution >= 4 is 0 Å². The molecular weight excluding hydrogens is 134 g/mol. The minimum absolute atomic E-state index is 0.279. The van der Waals surface area contributed by atoms with Crippen LogP contribution < -0.4 is 0 Å². The molecule has 1 unspecified atom stereocenters. The highest BCUT2D eigenvalue weighted by Gasteiger charge is 2.28. The third kappa shape index (κ3) is 2.08. The van der Waals surface area contributed by atoms with E-state index in [1.807, 2.05) is 0 Å². The smallest absolute Gasteiger partial charge is 0.220 e. The molecule has 1 atom stereocenters. The fraction of sp³-hybridized carbons (Fsp3) is 0.700. The summed E-state index contributed by atoms with van der Waals surface area (Å²) < 4.78 is 0. The van der Waals surface area contributed by atoms with Gasteiger partial charge in [0.25, 0.3) is 0 Å². The second-order valence-corrected chi connectivity index (χ2v) is 3.88. The molecule has 0 spiro atoms. The number of hydrogen-bond acceptors (Lipinski definition) is 0. The molecule has 0 saturated carbocycles. The molecule has 0 heterocycles. The SMILES string of the molecule is [C-]#[N+]CC1(C)CC=C(C)CC1. The lowest BCUT2D eigenvalue weighted by atomic mass is 9.77. The lowest BCUT2D eigenvalue weighted by molar-refractivity contribution is 0.316. The van der Waals surface area contributed by atoms with Crippen molar-refractivity contribution in [3.63, 3.8) is 0 Å². The van der Waals surface area contributed by atoms with Crippen LogP contribution in [-0.2, 0) is 0 Å². The van der Waals surface area contributed by atoms with Gasteiger partial charge in [0.2, 0.25) is 6.54 Å². The summed E-state index contributed by atoms with van der Waals surface area (Å²) in [4.78, 5) is 3.48. The maximum atomic E-state index is 6.82. The highest BCUT2D eigenvalue weighted by Crippen LogP contribution is 2.34. The highest BCUT2D eigenvalue weighted by atomic mass is 14.7. The van der Waals surface area contributed by atoms with Crippen molar-refractivity contribution in [2.24, 2.45) is 5.41 Å². The van der Waals surface area contributed by atoms with Gasteiger partial charge in [-0.2, -0.15) is 0 Å². The van der Waals surface area contributed by atoms with Gasteiger partial charge in [-0.15, -0.1) is 0 Å². The zero-order valence-corrected chi connectivity index (χ0v) is 7.35. The van der Waals surface area contributed by atoms with Gasteiger partial charge in [0, 0.05) is 5.41 Å². The van der Waals surface area contributed by atoms with Crippen LogP contribution in [0, 0.1) is 12.0 Å². The van der Waals surface area contributed by atoms with Crippen molar-refractivity contribution in [3.8, 4) is 0 Å². The van der Waals surface area contributed by atoms with Crippen LogP contribution in [0.2, 0.25) is 0 Å². The van der Waals surface area contributed by atoms with Crippen LogP contribution in [-0.4, -0.2) is 6.54 Å². The standard InChI is InChI=1S/C10H15N/c1-9-4-6-10(2,7-5-9)8-11-3/h4H,5-8H2,1-2H3. The van der Waals surface area contributed by atoms with Gasteiger partial charge in [0.05, 0.1) is 0 Å². The first-order chi connectivity index (χ1) is 5.16. The fourth-order valence-corrected chi connectivity index (χ4v) is 1.46. The predicted molar refractivity (Wildman–Crippen MR) is 47.2 cm³/mol. The van der Waals surface area contributed by atoms with E-state index in [4.69, 9.17) is 6.57 Å². The van der Waals surface area contributed by atoms with Gasteiger partial charge in [-0.1, -0.05) is 18.6 Å². The van der Waals surface area contributed by atoms with E-state index in [0.717, 1.165) is 6.42 Å². The van der Waals surface area contributed by atoms with Crippen LogP contribution in [0.15, 0.2) is 11.6 Å². The first-order valence-electron chi connectivity index (χ1n) is 4.15. The summed E-state index contributed by atoms with van der Waals surface area (Å²) >= 11 is 0. The highest BCUT2D eigenvalue weighted by molar-refractivity contribution is 5.07. The van der Waals surface area contributed by atoms with Crippen LogP contribution in [0.1, 0.15) is 33.1 Å². The number of nitrogens with zero attached hydrogens (tertiary/aromatic N) is 1. The third-order valence-corrected chi connectivity index (χ3v) is 2.53. The summed E-state index contributed by atoms with van der Waals surface area (Å²) in [6.07, 6.45) is 5.76. The maximum absolute atomic E-state index is 6.82. The predicted octanol–water partition coefficient (Wildman–Crippen LogP) is 3.04. The number of rotatable bonds is 1. The lowest BCUT2D eigenvalue weighted by Gasteiger charge is -2.26. The van der Waals surface area contributed by atoms with Crippen molar-refractivity contribution < 1.29 is 0 Å². The van der Waals surface area contributed by atoms with Crippen LogP contribution in [0.25, 0.3) is 4.85 Å². The molecule has 0 fully saturated rings. The first kappa shape index (κ1) is 8.33. The molecule has 1 aliphatic carbocycles. The molecule has 11 heavy (non-hydrogen) atoms. The van der Waals surface area contributed by atoms with Crippen molar-refractivity contribution in [3.05, 3.63) is 23.1 Å². The van der Waals surface area contributed by atoms with E-state index in [1.54, 1.807) is 0 Å². The number of hydrogen-bond donors (Lipinski definition) is 0. The Balaban J connectivity index is 2.58. The first-order valence-corrected chi connectivity index (χ1v) is 4.15. The van der Waals surface area contributed by atoms with E-state index >= 15 is 0 Å². The lowest BCUT2D eigenvalue weighted by Crippen LogP contribution is -2.21. The van der Waals surface area contributed by atoms with Crippen molar-refractivity contribution in [1.29, 1.82) is 0 Å². The molecule has 1 rings (SSSR count). The van der Waals surface area contributed by atoms with Crippen molar-refractivity contribution in [2.75, 3.05) is 6.54 Å². The average molecular weight is 149 g/mol. The minimum atomic E-state index is 0.279. The van der Waals surface area contributed by atoms with E-state index < -0.39 is 0 Å². The zero-order valence-electron chi connectivity index (χ0n) is 7.35. The molecule has 60 valence electrons. The Hall–Kier alpha value is -0.770. The second-order valence-electron chi connectivity index (χ2n) is 3.88. The summed E-state index contributed by atoms with van der Waals surface area (Å²) in [5.74, 6) is 0. The molecule has 0 radical (unpaired) electrons. The van der Waals surface area contributed by atoms with Gasteiger partial charge in [-0.3, -0.25) is 0 Å². The van der Waals surface area contributed by atoms with Gasteiger partial charge >= 0.3 is 0 Å². The van der Waals surface area contributed by atoms with Crippen molar-refractivity contribution in [2.45, 2.75) is 33.1 Å². The van der Waals surface area contributed by atoms with Gasteiger partial charge in [-0.05, 0) is 26.2 Å². The van der Waals surface area contributed by atoms with E-state index in [9.17, 15) is 0 Å². The summed E-state index contributed by atoms with van der Waals surface area (Å²) in [5.41, 5.74) is 1.77. The van der Waals surface area contributed by atoms with E-state index in [1.165, 1.54) is 18.4 Å². The summed E-state index contributed by atoms with van der Waals surface area (Å²) in [7, 11) is 0. The molecular formula is C10H15N. The largest absolute Gasteiger partial charge is 0.316 e. The Labute approximate surface area is 68.9 Å². The van der Waals surface area contributed by atoms with Crippen LogP contribution in [0.4, 0.5) is 0 Å². The van der Waals surface area contributed by atoms with Crippen molar-refractivity contribution in [1.82, 2.24) is 0 Å². The van der Waals surface area contributed by atoms with Gasteiger partial charge in [-0.25, -0.2) is 6.57 Å². The van der Waals surface area contributed by atoms with Crippen LogP contribution in [0.3, 0.4) is 0 Å². The summed E-state index contributed by atoms with van der Waals surface area (Å²) in [5, 5.41) is 0. The molecule has 1 heteroatoms. The molecule has 0 aromatic rings. The minimum Gasteiger partial charge on any atom is -0.316 e. The van der Waals surface area contributed by atoms with Gasteiger partial charge in [0.1, 0.15) is 0 Å². The Kier molecular flexibility index (Phi) is 2.34. The molecule has 0 aromatic carbocycles. The maximum Gasteiger partial charge on any atom is 0.220 e. The Morgan fingerprint density at radius 2 is 2.45 bits per heavy atom. The third-order valence-electron chi connectivity index (χ3n) is 2.53. The number of allylic oxidation sites excluding steroid dienone is 2. The van der Waals surface area contributed by atoms with Gasteiger partial charge < -0.3 is 4.85 Å². The molecule has 0 saturated heterocycles. The average Bonchev–Trinajstić information content (AvgIpc) is 1.97. The molecule has 1 aliphatic rings. The zero-order chi connectivity index (χ0) is 8.32. The normalized spacial score (nSPS) is 30.8. The molecule has 0 N–H and O–H groups in total. The van der Waals surface area contributed by atoms with E-state index in [-0.39, 0.29) is 5.41 Å². The Morgan fingerprint density at radius 1 is 1.73 bits per heavy atom. The fourth-order valence-electron chi connectivity index (χ4n) is 1.46. The van der Waals surface area contributed by atoms with E-state index in [2.05, 4.69) is 24.8 Å². The molecule has 0 bridgehead atoms. The van der Waals surface area contributed by atoms with Crippen LogP contribution in [0.5, 0.6) is 0 Å². The van der Waals surface area contributed by atoms with Gasteiger partial charge in [0.15, 0.2) is 0 Å². The molecule has 0 amide bonds. The second kappa shape index (κ2) is 3.09. The quantitative estimate of drug-likeness (QED) is 0.398. The van der Waals surface area contributed by atoms with E-state index in [0.29, 0.717) is 6.54 Å². The molecule has 0 aliphatic heterocycles. The monoisotopic (exact) mass is 149 g/mol. The summed E-state index contributed by atoms with van der Waals surface area (Å²) in [6.45, 7) is 11.9. The molecule has 1 nitrogen and oxygen atoms in total. The van der Waals surface area contributed by atoms with Crippen LogP contribution >= 0.6 is 0 Å². The topological polar surface area (TPSA) is 4.36 Å². The molecule has 0 aromatic heterocycles. The summed E-state index contributed by atoms with van der Waals surface area (Å²) in [6, 6.07) is 0. The Morgan fingerprint density at radius 3 is 2.91 bits per heavy atom.